The Labute approximate surface area is 127 Å². The lowest BCUT2D eigenvalue weighted by atomic mass is 10.2. The second-order valence-corrected chi connectivity index (χ2v) is 5.07. The standard InChI is InChI=1S/C15H17BrN2O2/c1-3-19-13-5-4-6-14(8-13)20-15-11(9-17-2)7-12(16)10-18-15/h4-8,10,17H,3,9H2,1-2H3. The molecule has 0 spiro atoms. The number of halogens is 1. The van der Waals surface area contributed by atoms with Crippen molar-refractivity contribution in [3.63, 3.8) is 0 Å². The molecule has 0 bridgehead atoms. The van der Waals surface area contributed by atoms with Crippen molar-refractivity contribution in [1.29, 1.82) is 0 Å². The highest BCUT2D eigenvalue weighted by Crippen LogP contribution is 2.27. The number of aromatic nitrogens is 1. The Hall–Kier alpha value is -1.59. The first-order valence-electron chi connectivity index (χ1n) is 6.42. The van der Waals surface area contributed by atoms with Gasteiger partial charge in [0.05, 0.1) is 6.61 Å². The zero-order valence-electron chi connectivity index (χ0n) is 11.5. The van der Waals surface area contributed by atoms with Gasteiger partial charge in [-0.2, -0.15) is 0 Å². The number of nitrogens with zero attached hydrogens (tertiary/aromatic N) is 1. The number of nitrogens with one attached hydrogen (secondary N) is 1. The molecule has 0 unspecified atom stereocenters. The zero-order chi connectivity index (χ0) is 14.4. The third-order valence-electron chi connectivity index (χ3n) is 2.59. The van der Waals surface area contributed by atoms with Crippen LogP contribution in [0.1, 0.15) is 12.5 Å². The Balaban J connectivity index is 2.22. The third-order valence-corrected chi connectivity index (χ3v) is 3.02. The van der Waals surface area contributed by atoms with Crippen molar-refractivity contribution in [1.82, 2.24) is 10.3 Å². The second kappa shape index (κ2) is 7.26. The van der Waals surface area contributed by atoms with Crippen LogP contribution in [0.3, 0.4) is 0 Å². The predicted molar refractivity (Wildman–Crippen MR) is 82.4 cm³/mol. The van der Waals surface area contributed by atoms with E-state index >= 15 is 0 Å². The zero-order valence-corrected chi connectivity index (χ0v) is 13.1. The minimum atomic E-state index is 0.594. The summed E-state index contributed by atoms with van der Waals surface area (Å²) >= 11 is 3.42. The molecule has 0 aliphatic carbocycles. The maximum absolute atomic E-state index is 5.85. The van der Waals surface area contributed by atoms with E-state index in [9.17, 15) is 0 Å². The summed E-state index contributed by atoms with van der Waals surface area (Å²) < 4.78 is 12.2. The van der Waals surface area contributed by atoms with Crippen LogP contribution in [0, 0.1) is 0 Å². The molecule has 0 fully saturated rings. The average Bonchev–Trinajstić information content (AvgIpc) is 2.43. The summed E-state index contributed by atoms with van der Waals surface area (Å²) in [4.78, 5) is 4.32. The van der Waals surface area contributed by atoms with Gasteiger partial charge >= 0.3 is 0 Å². The van der Waals surface area contributed by atoms with Gasteiger partial charge in [-0.05, 0) is 48.1 Å². The van der Waals surface area contributed by atoms with Gasteiger partial charge in [-0.3, -0.25) is 0 Å². The molecule has 2 rings (SSSR count). The maximum Gasteiger partial charge on any atom is 0.223 e. The topological polar surface area (TPSA) is 43.4 Å². The first-order chi connectivity index (χ1) is 9.72. The van der Waals surface area contributed by atoms with Gasteiger partial charge in [-0.1, -0.05) is 6.07 Å². The maximum atomic E-state index is 5.85. The summed E-state index contributed by atoms with van der Waals surface area (Å²) in [6.45, 7) is 3.27. The molecule has 0 atom stereocenters. The van der Waals surface area contributed by atoms with Gasteiger partial charge in [0.25, 0.3) is 0 Å². The molecule has 0 amide bonds. The average molecular weight is 337 g/mol. The number of hydrogen-bond acceptors (Lipinski definition) is 4. The lowest BCUT2D eigenvalue weighted by Crippen LogP contribution is -2.07. The van der Waals surface area contributed by atoms with Crippen LogP contribution in [0.2, 0.25) is 0 Å². The molecule has 0 aliphatic rings. The molecule has 1 heterocycles. The van der Waals surface area contributed by atoms with E-state index in [1.807, 2.05) is 44.3 Å². The van der Waals surface area contributed by atoms with E-state index in [2.05, 4.69) is 26.2 Å². The van der Waals surface area contributed by atoms with E-state index in [0.29, 0.717) is 24.8 Å². The highest BCUT2D eigenvalue weighted by Gasteiger charge is 2.08. The van der Waals surface area contributed by atoms with Crippen molar-refractivity contribution in [2.45, 2.75) is 13.5 Å². The van der Waals surface area contributed by atoms with Crippen LogP contribution in [0.15, 0.2) is 41.0 Å². The van der Waals surface area contributed by atoms with Crippen molar-refractivity contribution in [3.8, 4) is 17.4 Å². The molecule has 20 heavy (non-hydrogen) atoms. The normalized spacial score (nSPS) is 10.3. The number of hydrogen-bond donors (Lipinski definition) is 1. The Morgan fingerprint density at radius 3 is 2.80 bits per heavy atom. The fourth-order valence-electron chi connectivity index (χ4n) is 1.78. The molecule has 0 aliphatic heterocycles. The van der Waals surface area contributed by atoms with E-state index in [1.165, 1.54) is 0 Å². The van der Waals surface area contributed by atoms with Crippen LogP contribution in [0.25, 0.3) is 0 Å². The molecule has 0 saturated heterocycles. The first kappa shape index (κ1) is 14.8. The van der Waals surface area contributed by atoms with Crippen LogP contribution >= 0.6 is 15.9 Å². The van der Waals surface area contributed by atoms with Crippen molar-refractivity contribution in [3.05, 3.63) is 46.6 Å². The summed E-state index contributed by atoms with van der Waals surface area (Å²) in [5.74, 6) is 2.09. The van der Waals surface area contributed by atoms with E-state index in [-0.39, 0.29) is 0 Å². The van der Waals surface area contributed by atoms with Gasteiger partial charge < -0.3 is 14.8 Å². The molecule has 1 aromatic heterocycles. The smallest absolute Gasteiger partial charge is 0.223 e. The van der Waals surface area contributed by atoms with Crippen LogP contribution < -0.4 is 14.8 Å². The summed E-state index contributed by atoms with van der Waals surface area (Å²) in [5, 5.41) is 3.10. The molecular weight excluding hydrogens is 320 g/mol. The van der Waals surface area contributed by atoms with E-state index in [4.69, 9.17) is 9.47 Å². The van der Waals surface area contributed by atoms with Crippen LogP contribution in [0.5, 0.6) is 17.4 Å². The molecular formula is C15H17BrN2O2. The molecule has 1 aromatic carbocycles. The highest BCUT2D eigenvalue weighted by molar-refractivity contribution is 9.10. The monoisotopic (exact) mass is 336 g/mol. The Kier molecular flexibility index (Phi) is 5.38. The molecule has 1 N–H and O–H groups in total. The second-order valence-electron chi connectivity index (χ2n) is 4.16. The SMILES string of the molecule is CCOc1cccc(Oc2ncc(Br)cc2CNC)c1. The molecule has 4 nitrogen and oxygen atoms in total. The summed E-state index contributed by atoms with van der Waals surface area (Å²) in [6.07, 6.45) is 1.72. The van der Waals surface area contributed by atoms with Gasteiger partial charge in [0.2, 0.25) is 5.88 Å². The third kappa shape index (κ3) is 3.95. The number of rotatable bonds is 6. The summed E-state index contributed by atoms with van der Waals surface area (Å²) in [6, 6.07) is 9.54. The van der Waals surface area contributed by atoms with E-state index in [1.54, 1.807) is 6.20 Å². The Morgan fingerprint density at radius 2 is 2.05 bits per heavy atom. The largest absolute Gasteiger partial charge is 0.494 e. The van der Waals surface area contributed by atoms with Gasteiger partial charge in [0.15, 0.2) is 0 Å². The van der Waals surface area contributed by atoms with Crippen molar-refractivity contribution >= 4 is 15.9 Å². The number of pyridine rings is 1. The predicted octanol–water partition coefficient (Wildman–Crippen LogP) is 3.75. The van der Waals surface area contributed by atoms with Crippen LogP contribution in [-0.4, -0.2) is 18.6 Å². The molecule has 0 saturated carbocycles. The summed E-state index contributed by atoms with van der Waals surface area (Å²) in [5.41, 5.74) is 0.990. The number of ether oxygens (including phenoxy) is 2. The van der Waals surface area contributed by atoms with Crippen molar-refractivity contribution < 1.29 is 9.47 Å². The quantitative estimate of drug-likeness (QED) is 0.872. The minimum Gasteiger partial charge on any atom is -0.494 e. The van der Waals surface area contributed by atoms with Gasteiger partial charge in [0, 0.05) is 28.8 Å². The lowest BCUT2D eigenvalue weighted by Gasteiger charge is -2.11. The minimum absolute atomic E-state index is 0.594. The Bertz CT molecular complexity index is 576. The fourth-order valence-corrected chi connectivity index (χ4v) is 2.16. The van der Waals surface area contributed by atoms with Gasteiger partial charge in [-0.25, -0.2) is 4.98 Å². The van der Waals surface area contributed by atoms with Gasteiger partial charge in [-0.15, -0.1) is 0 Å². The van der Waals surface area contributed by atoms with Gasteiger partial charge in [0.1, 0.15) is 11.5 Å². The van der Waals surface area contributed by atoms with Crippen LogP contribution in [0.4, 0.5) is 0 Å². The Morgan fingerprint density at radius 1 is 1.25 bits per heavy atom. The molecule has 2 aromatic rings. The fraction of sp³-hybridized carbons (Fsp3) is 0.267. The van der Waals surface area contributed by atoms with Crippen molar-refractivity contribution in [2.24, 2.45) is 0 Å². The van der Waals surface area contributed by atoms with Crippen molar-refractivity contribution in [2.75, 3.05) is 13.7 Å². The first-order valence-corrected chi connectivity index (χ1v) is 7.22. The van der Waals surface area contributed by atoms with Crippen LogP contribution in [-0.2, 0) is 6.54 Å². The molecule has 0 radical (unpaired) electrons. The lowest BCUT2D eigenvalue weighted by molar-refractivity contribution is 0.337. The van der Waals surface area contributed by atoms with E-state index < -0.39 is 0 Å². The number of benzene rings is 1. The van der Waals surface area contributed by atoms with E-state index in [0.717, 1.165) is 15.8 Å². The molecule has 106 valence electrons. The molecule has 5 heteroatoms. The summed E-state index contributed by atoms with van der Waals surface area (Å²) in [7, 11) is 1.89. The highest BCUT2D eigenvalue weighted by atomic mass is 79.9.